The summed E-state index contributed by atoms with van der Waals surface area (Å²) < 4.78 is 0. The quantitative estimate of drug-likeness (QED) is 0.614. The van der Waals surface area contributed by atoms with E-state index in [1.165, 1.54) is 0 Å². The molecule has 2 atom stereocenters. The molecule has 0 aliphatic carbocycles. The van der Waals surface area contributed by atoms with Gasteiger partial charge in [0.25, 0.3) is 0 Å². The van der Waals surface area contributed by atoms with Crippen LogP contribution in [0.5, 0.6) is 0 Å². The molecule has 0 spiro atoms. The van der Waals surface area contributed by atoms with Gasteiger partial charge in [0, 0.05) is 6.42 Å². The van der Waals surface area contributed by atoms with Crippen molar-refractivity contribution in [3.63, 3.8) is 0 Å². The summed E-state index contributed by atoms with van der Waals surface area (Å²) in [4.78, 5) is 0. The van der Waals surface area contributed by atoms with Crippen LogP contribution in [-0.4, -0.2) is 11.2 Å². The Balaban J connectivity index is 3.65. The molecule has 0 saturated carbocycles. The summed E-state index contributed by atoms with van der Waals surface area (Å²) in [6.45, 7) is 6.29. The van der Waals surface area contributed by atoms with E-state index in [0.29, 0.717) is 18.3 Å². The maximum absolute atomic E-state index is 9.52. The first-order valence-corrected chi connectivity index (χ1v) is 4.21. The lowest BCUT2D eigenvalue weighted by atomic mass is 9.90. The number of rotatable bonds is 4. The normalized spacial score (nSPS) is 16.0. The van der Waals surface area contributed by atoms with Crippen LogP contribution in [0.1, 0.15) is 33.6 Å². The second kappa shape index (κ2) is 5.21. The second-order valence-corrected chi connectivity index (χ2v) is 3.41. The van der Waals surface area contributed by atoms with Crippen LogP contribution in [0.2, 0.25) is 0 Å². The van der Waals surface area contributed by atoms with Crippen LogP contribution in [0.4, 0.5) is 0 Å². The minimum Gasteiger partial charge on any atom is -0.393 e. The van der Waals surface area contributed by atoms with Crippen LogP contribution in [-0.2, 0) is 0 Å². The van der Waals surface area contributed by atoms with Gasteiger partial charge in [0.15, 0.2) is 0 Å². The van der Waals surface area contributed by atoms with Crippen molar-refractivity contribution in [3.8, 4) is 12.3 Å². The summed E-state index contributed by atoms with van der Waals surface area (Å²) >= 11 is 0. The largest absolute Gasteiger partial charge is 0.393 e. The molecular formula is C10H18O. The molecule has 0 aliphatic heterocycles. The van der Waals surface area contributed by atoms with Crippen molar-refractivity contribution in [1.29, 1.82) is 0 Å². The molecule has 11 heavy (non-hydrogen) atoms. The fraction of sp³-hybridized carbons (Fsp3) is 0.800. The zero-order valence-corrected chi connectivity index (χ0v) is 7.67. The second-order valence-electron chi connectivity index (χ2n) is 3.41. The average Bonchev–Trinajstić information content (AvgIpc) is 1.98. The Kier molecular flexibility index (Phi) is 4.98. The van der Waals surface area contributed by atoms with Gasteiger partial charge in [-0.1, -0.05) is 20.8 Å². The van der Waals surface area contributed by atoms with Gasteiger partial charge in [-0.2, -0.15) is 0 Å². The topological polar surface area (TPSA) is 20.2 Å². The molecule has 0 aliphatic rings. The molecule has 0 heterocycles. The molecule has 0 aromatic heterocycles. The lowest BCUT2D eigenvalue weighted by Gasteiger charge is -2.21. The van der Waals surface area contributed by atoms with E-state index in [1.807, 2.05) is 0 Å². The molecule has 64 valence electrons. The van der Waals surface area contributed by atoms with Crippen LogP contribution >= 0.6 is 0 Å². The summed E-state index contributed by atoms with van der Waals surface area (Å²) in [5, 5.41) is 9.52. The van der Waals surface area contributed by atoms with Gasteiger partial charge in [0.1, 0.15) is 0 Å². The predicted octanol–water partition coefficient (Wildman–Crippen LogP) is 2.05. The first-order chi connectivity index (χ1) is 5.09. The molecule has 0 rings (SSSR count). The predicted molar refractivity (Wildman–Crippen MR) is 48.1 cm³/mol. The maximum atomic E-state index is 9.52. The SMILES string of the molecule is C#CCCC(O)C(C)C(C)C. The van der Waals surface area contributed by atoms with Crippen molar-refractivity contribution < 1.29 is 5.11 Å². The van der Waals surface area contributed by atoms with E-state index in [0.717, 1.165) is 6.42 Å². The lowest BCUT2D eigenvalue weighted by Crippen LogP contribution is -2.21. The maximum Gasteiger partial charge on any atom is 0.0577 e. The molecule has 1 N–H and O–H groups in total. The van der Waals surface area contributed by atoms with Gasteiger partial charge in [0.2, 0.25) is 0 Å². The molecule has 0 radical (unpaired) electrons. The van der Waals surface area contributed by atoms with Gasteiger partial charge in [0.05, 0.1) is 6.10 Å². The smallest absolute Gasteiger partial charge is 0.0577 e. The molecule has 0 amide bonds. The van der Waals surface area contributed by atoms with Gasteiger partial charge >= 0.3 is 0 Å². The van der Waals surface area contributed by atoms with E-state index in [4.69, 9.17) is 6.42 Å². The highest BCUT2D eigenvalue weighted by Gasteiger charge is 2.16. The lowest BCUT2D eigenvalue weighted by molar-refractivity contribution is 0.0853. The fourth-order valence-electron chi connectivity index (χ4n) is 0.938. The first kappa shape index (κ1) is 10.5. The van der Waals surface area contributed by atoms with E-state index in [1.54, 1.807) is 0 Å². The molecule has 0 aromatic rings. The molecule has 0 aromatic carbocycles. The van der Waals surface area contributed by atoms with Crippen molar-refractivity contribution in [2.45, 2.75) is 39.7 Å². The van der Waals surface area contributed by atoms with Crippen molar-refractivity contribution in [2.24, 2.45) is 11.8 Å². The third kappa shape index (κ3) is 4.06. The zero-order chi connectivity index (χ0) is 8.85. The van der Waals surface area contributed by atoms with E-state index < -0.39 is 0 Å². The molecule has 2 unspecified atom stereocenters. The molecule has 0 saturated heterocycles. The van der Waals surface area contributed by atoms with Gasteiger partial charge in [-0.3, -0.25) is 0 Å². The monoisotopic (exact) mass is 154 g/mol. The molecule has 1 heteroatoms. The van der Waals surface area contributed by atoms with E-state index >= 15 is 0 Å². The van der Waals surface area contributed by atoms with Gasteiger partial charge in [-0.05, 0) is 18.3 Å². The Bertz CT molecular complexity index is 132. The Hall–Kier alpha value is -0.480. The minimum atomic E-state index is -0.231. The summed E-state index contributed by atoms with van der Waals surface area (Å²) in [5.41, 5.74) is 0. The number of aliphatic hydroxyl groups is 1. The Morgan fingerprint density at radius 1 is 1.36 bits per heavy atom. The number of hydrogen-bond acceptors (Lipinski definition) is 1. The van der Waals surface area contributed by atoms with Crippen LogP contribution in [0.25, 0.3) is 0 Å². The highest BCUT2D eigenvalue weighted by Crippen LogP contribution is 2.17. The van der Waals surface area contributed by atoms with Crippen LogP contribution in [0.15, 0.2) is 0 Å². The van der Waals surface area contributed by atoms with Crippen LogP contribution in [0, 0.1) is 24.2 Å². The van der Waals surface area contributed by atoms with Crippen molar-refractivity contribution in [1.82, 2.24) is 0 Å². The molecular weight excluding hydrogens is 136 g/mol. The zero-order valence-electron chi connectivity index (χ0n) is 7.67. The van der Waals surface area contributed by atoms with Gasteiger partial charge in [-0.15, -0.1) is 12.3 Å². The summed E-state index contributed by atoms with van der Waals surface area (Å²) in [7, 11) is 0. The number of terminal acetylenes is 1. The van der Waals surface area contributed by atoms with E-state index in [2.05, 4.69) is 26.7 Å². The number of hydrogen-bond donors (Lipinski definition) is 1. The molecule has 0 fully saturated rings. The first-order valence-electron chi connectivity index (χ1n) is 4.21. The summed E-state index contributed by atoms with van der Waals surface area (Å²) in [6.07, 6.45) is 6.27. The Labute approximate surface area is 69.8 Å². The van der Waals surface area contributed by atoms with Gasteiger partial charge in [-0.25, -0.2) is 0 Å². The standard InChI is InChI=1S/C10H18O/c1-5-6-7-10(11)9(4)8(2)3/h1,8-11H,6-7H2,2-4H3. The third-order valence-corrected chi connectivity index (χ3v) is 2.24. The highest BCUT2D eigenvalue weighted by molar-refractivity contribution is 4.85. The highest BCUT2D eigenvalue weighted by atomic mass is 16.3. The summed E-state index contributed by atoms with van der Waals surface area (Å²) in [6, 6.07) is 0. The fourth-order valence-corrected chi connectivity index (χ4v) is 0.938. The van der Waals surface area contributed by atoms with Gasteiger partial charge < -0.3 is 5.11 Å². The number of aliphatic hydroxyl groups excluding tert-OH is 1. The summed E-state index contributed by atoms with van der Waals surface area (Å²) in [5.74, 6) is 3.41. The van der Waals surface area contributed by atoms with Crippen molar-refractivity contribution in [2.75, 3.05) is 0 Å². The molecule has 0 bridgehead atoms. The Morgan fingerprint density at radius 3 is 2.27 bits per heavy atom. The van der Waals surface area contributed by atoms with E-state index in [9.17, 15) is 5.11 Å². The molecule has 1 nitrogen and oxygen atoms in total. The minimum absolute atomic E-state index is 0.231. The third-order valence-electron chi connectivity index (χ3n) is 2.24. The van der Waals surface area contributed by atoms with E-state index in [-0.39, 0.29) is 6.10 Å². The average molecular weight is 154 g/mol. The van der Waals surface area contributed by atoms with Crippen molar-refractivity contribution in [3.05, 3.63) is 0 Å². The Morgan fingerprint density at radius 2 is 1.91 bits per heavy atom. The van der Waals surface area contributed by atoms with Crippen LogP contribution in [0.3, 0.4) is 0 Å². The van der Waals surface area contributed by atoms with Crippen LogP contribution < -0.4 is 0 Å². The van der Waals surface area contributed by atoms with Crippen molar-refractivity contribution >= 4 is 0 Å².